The Bertz CT molecular complexity index is 968. The third kappa shape index (κ3) is 6.58. The minimum absolute atomic E-state index is 0.125. The van der Waals surface area contributed by atoms with Crippen molar-refractivity contribution < 1.29 is 19.0 Å². The summed E-state index contributed by atoms with van der Waals surface area (Å²) in [7, 11) is 0. The molecule has 1 atom stereocenters. The molecule has 172 valence electrons. The van der Waals surface area contributed by atoms with Crippen LogP contribution < -0.4 is 10.1 Å². The van der Waals surface area contributed by atoms with Crippen molar-refractivity contribution in [3.63, 3.8) is 0 Å². The Morgan fingerprint density at radius 2 is 1.97 bits per heavy atom. The van der Waals surface area contributed by atoms with Gasteiger partial charge in [-0.2, -0.15) is 0 Å². The molecule has 0 aromatic heterocycles. The Balaban J connectivity index is 1.78. The second kappa shape index (κ2) is 10.7. The quantitative estimate of drug-likeness (QED) is 0.602. The van der Waals surface area contributed by atoms with Crippen molar-refractivity contribution in [2.75, 3.05) is 25.2 Å². The number of carbonyl (C=O) groups is 1. The average molecular weight is 463 g/mol. The number of anilines is 1. The molecule has 0 fully saturated rings. The molecule has 0 saturated heterocycles. The number of hydrogen-bond donors (Lipinski definition) is 2. The molecule has 1 aliphatic rings. The van der Waals surface area contributed by atoms with E-state index in [9.17, 15) is 14.3 Å². The number of carboxylic acid groups (broad SMARTS) is 1. The van der Waals surface area contributed by atoms with Gasteiger partial charge in [-0.1, -0.05) is 30.7 Å². The van der Waals surface area contributed by atoms with Gasteiger partial charge < -0.3 is 20.1 Å². The number of halogens is 2. The Morgan fingerprint density at radius 1 is 1.25 bits per heavy atom. The van der Waals surface area contributed by atoms with Crippen LogP contribution in [0, 0.1) is 11.7 Å². The summed E-state index contributed by atoms with van der Waals surface area (Å²) in [5, 5.41) is 13.1. The summed E-state index contributed by atoms with van der Waals surface area (Å²) in [6, 6.07) is 12.2. The fourth-order valence-electron chi connectivity index (χ4n) is 3.31. The highest BCUT2D eigenvalue weighted by molar-refractivity contribution is 6.30. The number of aliphatic carboxylic acids is 1. The number of rotatable bonds is 8. The maximum Gasteiger partial charge on any atom is 0.307 e. The molecule has 0 bridgehead atoms. The molecule has 0 saturated carbocycles. The van der Waals surface area contributed by atoms with Gasteiger partial charge in [0.25, 0.3) is 0 Å². The van der Waals surface area contributed by atoms with Crippen LogP contribution in [-0.2, 0) is 11.3 Å². The molecular formula is C23H28ClFN4O3. The largest absolute Gasteiger partial charge is 0.488 e. The van der Waals surface area contributed by atoms with E-state index in [2.05, 4.69) is 10.3 Å². The third-order valence-electron chi connectivity index (χ3n) is 4.88. The van der Waals surface area contributed by atoms with Crippen LogP contribution in [-0.4, -0.2) is 52.8 Å². The minimum atomic E-state index is -0.846. The zero-order valence-electron chi connectivity index (χ0n) is 18.4. The molecule has 2 aromatic carbocycles. The van der Waals surface area contributed by atoms with Crippen molar-refractivity contribution >= 4 is 29.2 Å². The summed E-state index contributed by atoms with van der Waals surface area (Å²) in [5.74, 6) is -1.04. The summed E-state index contributed by atoms with van der Waals surface area (Å²) in [5.41, 5.74) is 1.56. The van der Waals surface area contributed by atoms with Gasteiger partial charge >= 0.3 is 5.97 Å². The first-order valence-electron chi connectivity index (χ1n) is 10.4. The molecule has 0 unspecified atom stereocenters. The van der Waals surface area contributed by atoms with E-state index in [1.165, 1.54) is 6.07 Å². The number of guanidine groups is 1. The smallest absolute Gasteiger partial charge is 0.307 e. The van der Waals surface area contributed by atoms with Gasteiger partial charge in [0.1, 0.15) is 0 Å². The Morgan fingerprint density at radius 3 is 2.59 bits per heavy atom. The van der Waals surface area contributed by atoms with E-state index < -0.39 is 17.7 Å². The number of hydrogen-bond acceptors (Lipinski definition) is 6. The van der Waals surface area contributed by atoms with E-state index in [1.54, 1.807) is 19.1 Å². The van der Waals surface area contributed by atoms with Gasteiger partial charge in [0.15, 0.2) is 11.6 Å². The monoisotopic (exact) mass is 462 g/mol. The van der Waals surface area contributed by atoms with Crippen LogP contribution in [0.1, 0.15) is 26.3 Å². The van der Waals surface area contributed by atoms with E-state index in [4.69, 9.17) is 16.3 Å². The Kier molecular flexibility index (Phi) is 7.93. The highest BCUT2D eigenvalue weighted by Crippen LogP contribution is 2.23. The van der Waals surface area contributed by atoms with Gasteiger partial charge in [0.2, 0.25) is 5.96 Å². The zero-order valence-corrected chi connectivity index (χ0v) is 19.1. The van der Waals surface area contributed by atoms with Crippen molar-refractivity contribution in [1.82, 2.24) is 9.80 Å². The van der Waals surface area contributed by atoms with Gasteiger partial charge in [-0.15, -0.1) is 0 Å². The van der Waals surface area contributed by atoms with Crippen molar-refractivity contribution in [1.29, 1.82) is 0 Å². The molecule has 3 rings (SSSR count). The van der Waals surface area contributed by atoms with E-state index in [1.807, 2.05) is 47.9 Å². The van der Waals surface area contributed by atoms with E-state index in [0.717, 1.165) is 5.56 Å². The first-order chi connectivity index (χ1) is 15.2. The van der Waals surface area contributed by atoms with Crippen LogP contribution in [0.3, 0.4) is 0 Å². The lowest BCUT2D eigenvalue weighted by atomic mass is 10.2. The Hall–Kier alpha value is -2.84. The zero-order chi connectivity index (χ0) is 23.3. The van der Waals surface area contributed by atoms with Gasteiger partial charge in [-0.3, -0.25) is 9.69 Å². The van der Waals surface area contributed by atoms with Crippen LogP contribution in [0.15, 0.2) is 47.5 Å². The highest BCUT2D eigenvalue weighted by Gasteiger charge is 2.24. The molecule has 7 nitrogen and oxygen atoms in total. The second-order valence-electron chi connectivity index (χ2n) is 8.12. The van der Waals surface area contributed by atoms with Gasteiger partial charge in [0, 0.05) is 29.9 Å². The molecule has 1 heterocycles. The second-order valence-corrected chi connectivity index (χ2v) is 8.55. The number of nitrogens with one attached hydrogen (secondary N) is 1. The van der Waals surface area contributed by atoms with Crippen LogP contribution in [0.4, 0.5) is 10.1 Å². The standard InChI is InChI=1S/C23H28ClFN4O3/c1-15(2)32-21-9-8-19(10-20(21)25)27-23-26-13-28(11-16(3)22(30)31)14-29(23)12-17-4-6-18(24)7-5-17/h4-10,15-16H,11-14H2,1-3H3,(H,26,27)(H,30,31)/t16-/m1/s1. The summed E-state index contributed by atoms with van der Waals surface area (Å²) in [4.78, 5) is 19.8. The third-order valence-corrected chi connectivity index (χ3v) is 5.13. The fourth-order valence-corrected chi connectivity index (χ4v) is 3.44. The molecule has 2 aromatic rings. The maximum atomic E-state index is 14.4. The summed E-state index contributed by atoms with van der Waals surface area (Å²) >= 11 is 6.00. The maximum absolute atomic E-state index is 14.4. The topological polar surface area (TPSA) is 77.4 Å². The highest BCUT2D eigenvalue weighted by atomic mass is 35.5. The molecule has 32 heavy (non-hydrogen) atoms. The van der Waals surface area contributed by atoms with Gasteiger partial charge in [-0.05, 0) is 43.7 Å². The first-order valence-corrected chi connectivity index (χ1v) is 10.8. The summed E-state index contributed by atoms with van der Waals surface area (Å²) < 4.78 is 19.9. The Labute approximate surface area is 192 Å². The molecule has 9 heteroatoms. The van der Waals surface area contributed by atoms with Crippen LogP contribution in [0.25, 0.3) is 0 Å². The predicted molar refractivity (Wildman–Crippen MR) is 123 cm³/mol. The van der Waals surface area contributed by atoms with Gasteiger partial charge in [0.05, 0.1) is 25.4 Å². The number of ether oxygens (including phenoxy) is 1. The number of carboxylic acids is 1. The van der Waals surface area contributed by atoms with Crippen molar-refractivity contribution in [2.24, 2.45) is 10.9 Å². The van der Waals surface area contributed by atoms with E-state index in [0.29, 0.717) is 43.1 Å². The van der Waals surface area contributed by atoms with Crippen LogP contribution in [0.2, 0.25) is 5.02 Å². The molecule has 0 radical (unpaired) electrons. The molecule has 1 aliphatic heterocycles. The normalized spacial score (nSPS) is 15.4. The number of benzene rings is 2. The molecule has 2 N–H and O–H groups in total. The van der Waals surface area contributed by atoms with Crippen LogP contribution >= 0.6 is 11.6 Å². The van der Waals surface area contributed by atoms with Gasteiger partial charge in [-0.25, -0.2) is 9.38 Å². The average Bonchev–Trinajstić information content (AvgIpc) is 2.73. The van der Waals surface area contributed by atoms with E-state index >= 15 is 0 Å². The first kappa shape index (κ1) is 23.8. The van der Waals surface area contributed by atoms with Crippen molar-refractivity contribution in [3.05, 3.63) is 58.9 Å². The summed E-state index contributed by atoms with van der Waals surface area (Å²) in [6.07, 6.45) is -0.125. The van der Waals surface area contributed by atoms with Crippen molar-refractivity contribution in [3.8, 4) is 5.75 Å². The lowest BCUT2D eigenvalue weighted by molar-refractivity contribution is -0.141. The van der Waals surface area contributed by atoms with Crippen LogP contribution in [0.5, 0.6) is 5.75 Å². The number of aliphatic imine (C=N–C) groups is 1. The predicted octanol–water partition coefficient (Wildman–Crippen LogP) is 4.49. The molecule has 0 aliphatic carbocycles. The molecular weight excluding hydrogens is 435 g/mol. The number of nitrogens with zero attached hydrogens (tertiary/aromatic N) is 3. The fraction of sp³-hybridized carbons (Fsp3) is 0.391. The molecule has 0 spiro atoms. The summed E-state index contributed by atoms with van der Waals surface area (Å²) in [6.45, 7) is 7.07. The lowest BCUT2D eigenvalue weighted by Crippen LogP contribution is -2.50. The lowest BCUT2D eigenvalue weighted by Gasteiger charge is -2.37. The minimum Gasteiger partial charge on any atom is -0.488 e. The van der Waals surface area contributed by atoms with E-state index in [-0.39, 0.29) is 11.9 Å². The van der Waals surface area contributed by atoms with Crippen molar-refractivity contribution in [2.45, 2.75) is 33.4 Å². The molecule has 0 amide bonds. The SMILES string of the molecule is CC(C)Oc1ccc(NC2=NCN(C[C@@H](C)C(=O)O)CN2Cc2ccc(Cl)cc2)cc1F.